The molecule has 1 atom stereocenters. The number of rotatable bonds is 3. The van der Waals surface area contributed by atoms with Crippen LogP contribution in [0.1, 0.15) is 31.7 Å². The van der Waals surface area contributed by atoms with Crippen LogP contribution in [0.5, 0.6) is 0 Å². The van der Waals surface area contributed by atoms with Gasteiger partial charge in [0.15, 0.2) is 4.77 Å². The standard InChI is InChI=1S/C16H23N3S/c1-12-7-6-8-14-15(12)17-16(20)19(14)11-13(2)18-9-4-3-5-10-18/h6-8,13H,3-5,9-11H2,1-2H3,(H,17,20). The van der Waals surface area contributed by atoms with Crippen molar-refractivity contribution >= 4 is 23.3 Å². The number of aryl methyl sites for hydroxylation is 1. The number of nitrogens with one attached hydrogen (secondary N) is 1. The van der Waals surface area contributed by atoms with Crippen LogP contribution in [0.25, 0.3) is 11.0 Å². The average Bonchev–Trinajstić information content (AvgIpc) is 2.78. The number of likely N-dealkylation sites (tertiary alicyclic amines) is 1. The molecule has 1 fully saturated rings. The lowest BCUT2D eigenvalue weighted by atomic mass is 10.1. The van der Waals surface area contributed by atoms with Crippen molar-refractivity contribution in [2.24, 2.45) is 0 Å². The molecule has 1 aromatic carbocycles. The molecule has 0 saturated carbocycles. The minimum atomic E-state index is 0.543. The predicted molar refractivity (Wildman–Crippen MR) is 86.7 cm³/mol. The summed E-state index contributed by atoms with van der Waals surface area (Å²) in [7, 11) is 0. The van der Waals surface area contributed by atoms with Crippen LogP contribution >= 0.6 is 12.2 Å². The Balaban J connectivity index is 1.88. The highest BCUT2D eigenvalue weighted by molar-refractivity contribution is 7.71. The van der Waals surface area contributed by atoms with Crippen LogP contribution in [0.3, 0.4) is 0 Å². The van der Waals surface area contributed by atoms with Gasteiger partial charge >= 0.3 is 0 Å². The normalized spacial score (nSPS) is 18.5. The summed E-state index contributed by atoms with van der Waals surface area (Å²) in [5.41, 5.74) is 3.68. The van der Waals surface area contributed by atoms with Gasteiger partial charge in [0, 0.05) is 12.6 Å². The van der Waals surface area contributed by atoms with Crippen LogP contribution in [0.4, 0.5) is 0 Å². The molecule has 1 aliphatic heterocycles. The Labute approximate surface area is 125 Å². The minimum absolute atomic E-state index is 0.543. The number of aromatic nitrogens is 2. The van der Waals surface area contributed by atoms with Gasteiger partial charge in [0.05, 0.1) is 11.0 Å². The molecule has 0 radical (unpaired) electrons. The van der Waals surface area contributed by atoms with Crippen LogP contribution in [0.2, 0.25) is 0 Å². The maximum atomic E-state index is 5.52. The van der Waals surface area contributed by atoms with Gasteiger partial charge in [-0.05, 0) is 63.6 Å². The summed E-state index contributed by atoms with van der Waals surface area (Å²) in [6, 6.07) is 6.95. The molecule has 108 valence electrons. The van der Waals surface area contributed by atoms with Gasteiger partial charge in [0.25, 0.3) is 0 Å². The second-order valence-corrected chi connectivity index (χ2v) is 6.34. The van der Waals surface area contributed by atoms with E-state index in [1.165, 1.54) is 48.9 Å². The molecule has 3 nitrogen and oxygen atoms in total. The van der Waals surface area contributed by atoms with Crippen molar-refractivity contribution in [3.05, 3.63) is 28.5 Å². The number of piperidine rings is 1. The number of hydrogen-bond acceptors (Lipinski definition) is 2. The Kier molecular flexibility index (Phi) is 3.94. The molecular formula is C16H23N3S. The van der Waals surface area contributed by atoms with Crippen LogP contribution in [0.15, 0.2) is 18.2 Å². The molecule has 1 N–H and O–H groups in total. The third kappa shape index (κ3) is 2.54. The van der Waals surface area contributed by atoms with Gasteiger partial charge < -0.3 is 9.55 Å². The highest BCUT2D eigenvalue weighted by Crippen LogP contribution is 2.20. The van der Waals surface area contributed by atoms with E-state index in [4.69, 9.17) is 12.2 Å². The molecule has 1 aromatic heterocycles. The summed E-state index contributed by atoms with van der Waals surface area (Å²) in [5.74, 6) is 0. The smallest absolute Gasteiger partial charge is 0.178 e. The molecule has 20 heavy (non-hydrogen) atoms. The van der Waals surface area contributed by atoms with E-state index < -0.39 is 0 Å². The van der Waals surface area contributed by atoms with Crippen molar-refractivity contribution in [1.29, 1.82) is 0 Å². The SMILES string of the molecule is Cc1cccc2c1[nH]c(=S)n2CC(C)N1CCCCC1. The van der Waals surface area contributed by atoms with Gasteiger partial charge in [-0.15, -0.1) is 0 Å². The summed E-state index contributed by atoms with van der Waals surface area (Å²) < 4.78 is 3.11. The highest BCUT2D eigenvalue weighted by atomic mass is 32.1. The lowest BCUT2D eigenvalue weighted by Gasteiger charge is -2.32. The predicted octanol–water partition coefficient (Wildman–Crippen LogP) is 3.88. The first-order chi connectivity index (χ1) is 9.66. The molecule has 0 bridgehead atoms. The molecule has 3 rings (SSSR count). The number of para-hydroxylation sites is 1. The zero-order chi connectivity index (χ0) is 14.1. The van der Waals surface area contributed by atoms with Crippen molar-refractivity contribution in [2.75, 3.05) is 13.1 Å². The molecule has 0 aliphatic carbocycles. The second kappa shape index (κ2) is 5.70. The van der Waals surface area contributed by atoms with Gasteiger partial charge in [-0.1, -0.05) is 18.6 Å². The summed E-state index contributed by atoms with van der Waals surface area (Å²) in [5, 5.41) is 0. The second-order valence-electron chi connectivity index (χ2n) is 5.96. The van der Waals surface area contributed by atoms with Crippen LogP contribution in [-0.2, 0) is 6.54 Å². The zero-order valence-corrected chi connectivity index (χ0v) is 13.2. The number of imidazole rings is 1. The molecule has 2 aromatic rings. The topological polar surface area (TPSA) is 24.0 Å². The Morgan fingerprint density at radius 2 is 2.00 bits per heavy atom. The Hall–Kier alpha value is -1.13. The van der Waals surface area contributed by atoms with Crippen molar-refractivity contribution in [2.45, 2.75) is 45.7 Å². The van der Waals surface area contributed by atoms with Gasteiger partial charge in [-0.3, -0.25) is 4.90 Å². The Bertz CT molecular complexity index is 649. The number of aromatic amines is 1. The average molecular weight is 289 g/mol. The molecule has 1 aliphatic rings. The Morgan fingerprint density at radius 3 is 2.75 bits per heavy atom. The number of nitrogens with zero attached hydrogens (tertiary/aromatic N) is 2. The van der Waals surface area contributed by atoms with Gasteiger partial charge in [0.1, 0.15) is 0 Å². The minimum Gasteiger partial charge on any atom is -0.330 e. The molecule has 2 heterocycles. The highest BCUT2D eigenvalue weighted by Gasteiger charge is 2.18. The third-order valence-electron chi connectivity index (χ3n) is 4.48. The van der Waals surface area contributed by atoms with Crippen LogP contribution < -0.4 is 0 Å². The van der Waals surface area contributed by atoms with Gasteiger partial charge in [-0.2, -0.15) is 0 Å². The van der Waals surface area contributed by atoms with Crippen molar-refractivity contribution in [1.82, 2.24) is 14.5 Å². The summed E-state index contributed by atoms with van der Waals surface area (Å²) >= 11 is 5.52. The quantitative estimate of drug-likeness (QED) is 0.867. The van der Waals surface area contributed by atoms with Crippen molar-refractivity contribution in [3.63, 3.8) is 0 Å². The number of fused-ring (bicyclic) bond motifs is 1. The zero-order valence-electron chi connectivity index (χ0n) is 12.4. The van der Waals surface area contributed by atoms with E-state index in [0.717, 1.165) is 11.3 Å². The molecule has 0 spiro atoms. The number of hydrogen-bond donors (Lipinski definition) is 1. The maximum absolute atomic E-state index is 5.52. The van der Waals surface area contributed by atoms with Gasteiger partial charge in [-0.25, -0.2) is 0 Å². The Morgan fingerprint density at radius 1 is 1.25 bits per heavy atom. The van der Waals surface area contributed by atoms with E-state index in [9.17, 15) is 0 Å². The number of H-pyrrole nitrogens is 1. The number of benzene rings is 1. The van der Waals surface area contributed by atoms with Crippen LogP contribution in [0, 0.1) is 11.7 Å². The summed E-state index contributed by atoms with van der Waals surface area (Å²) in [6.45, 7) is 7.89. The largest absolute Gasteiger partial charge is 0.330 e. The van der Waals surface area contributed by atoms with E-state index in [1.54, 1.807) is 0 Å². The molecule has 1 saturated heterocycles. The van der Waals surface area contributed by atoms with Gasteiger partial charge in [0.2, 0.25) is 0 Å². The lowest BCUT2D eigenvalue weighted by Crippen LogP contribution is -2.39. The van der Waals surface area contributed by atoms with Crippen molar-refractivity contribution < 1.29 is 0 Å². The molecule has 0 amide bonds. The first-order valence-electron chi connectivity index (χ1n) is 7.59. The fourth-order valence-electron chi connectivity index (χ4n) is 3.24. The van der Waals surface area contributed by atoms with E-state index in [-0.39, 0.29) is 0 Å². The van der Waals surface area contributed by atoms with Crippen molar-refractivity contribution in [3.8, 4) is 0 Å². The first kappa shape index (κ1) is 13.8. The van der Waals surface area contributed by atoms with Crippen LogP contribution in [-0.4, -0.2) is 33.6 Å². The van der Waals surface area contributed by atoms with E-state index in [0.29, 0.717) is 6.04 Å². The third-order valence-corrected chi connectivity index (χ3v) is 4.80. The van der Waals surface area contributed by atoms with E-state index >= 15 is 0 Å². The van der Waals surface area contributed by atoms with E-state index in [2.05, 4.69) is 46.5 Å². The molecular weight excluding hydrogens is 266 g/mol. The summed E-state index contributed by atoms with van der Waals surface area (Å²) in [4.78, 5) is 5.96. The molecule has 1 unspecified atom stereocenters. The van der Waals surface area contributed by atoms with E-state index in [1.807, 2.05) is 0 Å². The fraction of sp³-hybridized carbons (Fsp3) is 0.562. The monoisotopic (exact) mass is 289 g/mol. The maximum Gasteiger partial charge on any atom is 0.178 e. The fourth-order valence-corrected chi connectivity index (χ4v) is 3.52. The molecule has 4 heteroatoms. The summed E-state index contributed by atoms with van der Waals surface area (Å²) in [6.07, 6.45) is 4.06. The lowest BCUT2D eigenvalue weighted by molar-refractivity contribution is 0.160. The first-order valence-corrected chi connectivity index (χ1v) is 8.00.